The SMILES string of the molecule is O=c1[nH]nc2cc(-c3ccccc3)nc(Nc3c(F)cccc3F)n12. The molecule has 2 N–H and O–H groups in total. The highest BCUT2D eigenvalue weighted by Gasteiger charge is 2.15. The number of hydrogen-bond acceptors (Lipinski definition) is 4. The number of fused-ring (bicyclic) bond motifs is 1. The number of halogens is 2. The van der Waals surface area contributed by atoms with Crippen molar-refractivity contribution in [1.82, 2.24) is 19.6 Å². The maximum Gasteiger partial charge on any atom is 0.350 e. The number of para-hydroxylation sites is 1. The van der Waals surface area contributed by atoms with Gasteiger partial charge < -0.3 is 5.32 Å². The zero-order valence-corrected chi connectivity index (χ0v) is 12.7. The zero-order valence-electron chi connectivity index (χ0n) is 12.7. The van der Waals surface area contributed by atoms with Crippen LogP contribution < -0.4 is 11.0 Å². The summed E-state index contributed by atoms with van der Waals surface area (Å²) in [6.45, 7) is 0. The summed E-state index contributed by atoms with van der Waals surface area (Å²) in [4.78, 5) is 16.3. The summed E-state index contributed by atoms with van der Waals surface area (Å²) in [5, 5.41) is 8.77. The van der Waals surface area contributed by atoms with Crippen molar-refractivity contribution < 1.29 is 8.78 Å². The largest absolute Gasteiger partial charge is 0.350 e. The quantitative estimate of drug-likeness (QED) is 0.601. The molecule has 25 heavy (non-hydrogen) atoms. The molecule has 0 bridgehead atoms. The molecule has 0 saturated carbocycles. The Balaban J connectivity index is 1.93. The van der Waals surface area contributed by atoms with Crippen LogP contribution in [0.15, 0.2) is 59.4 Å². The number of benzene rings is 2. The van der Waals surface area contributed by atoms with Crippen LogP contribution in [0.5, 0.6) is 0 Å². The van der Waals surface area contributed by atoms with Gasteiger partial charge in [0.15, 0.2) is 5.65 Å². The summed E-state index contributed by atoms with van der Waals surface area (Å²) in [6, 6.07) is 14.3. The van der Waals surface area contributed by atoms with Gasteiger partial charge in [0.2, 0.25) is 5.95 Å². The fourth-order valence-electron chi connectivity index (χ4n) is 2.50. The van der Waals surface area contributed by atoms with Crippen LogP contribution in [0.1, 0.15) is 0 Å². The summed E-state index contributed by atoms with van der Waals surface area (Å²) in [5.41, 5.74) is 0.595. The number of rotatable bonds is 3. The Morgan fingerprint density at radius 1 is 1.00 bits per heavy atom. The highest BCUT2D eigenvalue weighted by Crippen LogP contribution is 2.25. The average Bonchev–Trinajstić information content (AvgIpc) is 3.00. The maximum atomic E-state index is 13.9. The van der Waals surface area contributed by atoms with Gasteiger partial charge in [0.1, 0.15) is 17.3 Å². The normalized spacial score (nSPS) is 11.0. The van der Waals surface area contributed by atoms with Crippen molar-refractivity contribution in [2.75, 3.05) is 5.32 Å². The third-order valence-corrected chi connectivity index (χ3v) is 3.67. The zero-order chi connectivity index (χ0) is 17.4. The van der Waals surface area contributed by atoms with Gasteiger partial charge in [-0.1, -0.05) is 36.4 Å². The van der Waals surface area contributed by atoms with Gasteiger partial charge in [-0.3, -0.25) is 0 Å². The Morgan fingerprint density at radius 3 is 2.44 bits per heavy atom. The Bertz CT molecular complexity index is 1100. The molecule has 2 heterocycles. The van der Waals surface area contributed by atoms with E-state index in [1.165, 1.54) is 6.07 Å². The molecule has 0 aliphatic carbocycles. The lowest BCUT2D eigenvalue weighted by atomic mass is 10.1. The van der Waals surface area contributed by atoms with Crippen molar-refractivity contribution in [2.24, 2.45) is 0 Å². The van der Waals surface area contributed by atoms with E-state index in [2.05, 4.69) is 20.5 Å². The lowest BCUT2D eigenvalue weighted by molar-refractivity contribution is 0.590. The highest BCUT2D eigenvalue weighted by atomic mass is 19.1. The minimum Gasteiger partial charge on any atom is -0.320 e. The fourth-order valence-corrected chi connectivity index (χ4v) is 2.50. The van der Waals surface area contributed by atoms with Gasteiger partial charge in [0.05, 0.1) is 5.69 Å². The molecule has 0 aliphatic heterocycles. The Morgan fingerprint density at radius 2 is 1.72 bits per heavy atom. The molecular formula is C17H11F2N5O. The molecule has 4 aromatic rings. The van der Waals surface area contributed by atoms with Crippen molar-refractivity contribution >= 4 is 17.3 Å². The fraction of sp³-hybridized carbons (Fsp3) is 0. The summed E-state index contributed by atoms with van der Waals surface area (Å²) in [6.07, 6.45) is 0. The van der Waals surface area contributed by atoms with Crippen molar-refractivity contribution in [1.29, 1.82) is 0 Å². The summed E-state index contributed by atoms with van der Waals surface area (Å²) in [7, 11) is 0. The van der Waals surface area contributed by atoms with Gasteiger partial charge in [-0.15, -0.1) is 0 Å². The van der Waals surface area contributed by atoms with Crippen LogP contribution in [-0.2, 0) is 0 Å². The molecule has 0 aliphatic rings. The first kappa shape index (κ1) is 15.0. The first-order valence-electron chi connectivity index (χ1n) is 7.38. The van der Waals surface area contributed by atoms with E-state index in [-0.39, 0.29) is 11.6 Å². The van der Waals surface area contributed by atoms with Crippen LogP contribution in [0.3, 0.4) is 0 Å². The summed E-state index contributed by atoms with van der Waals surface area (Å²) in [5.74, 6) is -1.63. The van der Waals surface area contributed by atoms with Gasteiger partial charge in [0.25, 0.3) is 0 Å². The smallest absolute Gasteiger partial charge is 0.320 e. The summed E-state index contributed by atoms with van der Waals surface area (Å²) >= 11 is 0. The van der Waals surface area contributed by atoms with E-state index in [1.807, 2.05) is 30.3 Å². The molecule has 0 unspecified atom stereocenters. The lowest BCUT2D eigenvalue weighted by Crippen LogP contribution is -2.15. The number of nitrogens with one attached hydrogen (secondary N) is 2. The van der Waals surface area contributed by atoms with Gasteiger partial charge in [-0.25, -0.2) is 28.1 Å². The topological polar surface area (TPSA) is 75.1 Å². The molecule has 6 nitrogen and oxygen atoms in total. The Kier molecular flexibility index (Phi) is 3.50. The van der Waals surface area contributed by atoms with Crippen molar-refractivity contribution in [3.63, 3.8) is 0 Å². The lowest BCUT2D eigenvalue weighted by Gasteiger charge is -2.11. The molecule has 4 rings (SSSR count). The first-order valence-corrected chi connectivity index (χ1v) is 7.38. The van der Waals surface area contributed by atoms with Crippen LogP contribution in [0.4, 0.5) is 20.4 Å². The Hall–Kier alpha value is -3.55. The van der Waals surface area contributed by atoms with Crippen LogP contribution >= 0.6 is 0 Å². The van der Waals surface area contributed by atoms with Gasteiger partial charge in [0, 0.05) is 11.6 Å². The van der Waals surface area contributed by atoms with E-state index in [0.29, 0.717) is 5.69 Å². The van der Waals surface area contributed by atoms with Crippen molar-refractivity contribution in [3.8, 4) is 11.3 Å². The molecule has 0 atom stereocenters. The predicted molar refractivity (Wildman–Crippen MR) is 88.7 cm³/mol. The summed E-state index contributed by atoms with van der Waals surface area (Å²) < 4.78 is 29.0. The molecular weight excluding hydrogens is 328 g/mol. The van der Waals surface area contributed by atoms with E-state index in [0.717, 1.165) is 22.1 Å². The molecule has 8 heteroatoms. The Labute approximate surface area is 139 Å². The monoisotopic (exact) mass is 339 g/mol. The minimum atomic E-state index is -0.795. The van der Waals surface area contributed by atoms with Crippen molar-refractivity contribution in [2.45, 2.75) is 0 Å². The number of H-pyrrole nitrogens is 1. The molecule has 0 fully saturated rings. The van der Waals surface area contributed by atoms with Gasteiger partial charge in [-0.05, 0) is 12.1 Å². The maximum absolute atomic E-state index is 13.9. The van der Waals surface area contributed by atoms with E-state index < -0.39 is 23.0 Å². The third kappa shape index (κ3) is 2.63. The van der Waals surface area contributed by atoms with Crippen LogP contribution in [-0.4, -0.2) is 19.6 Å². The standard InChI is InChI=1S/C17H11F2N5O/c18-11-7-4-8-12(19)15(11)21-16-20-13(10-5-2-1-3-6-10)9-14-22-23-17(25)24(14)16/h1-9H,(H,20,21)(H,23,25). The number of hydrogen-bond donors (Lipinski definition) is 2. The predicted octanol–water partition coefficient (Wildman–Crippen LogP) is 3.11. The first-order chi connectivity index (χ1) is 12.1. The molecule has 124 valence electrons. The second kappa shape index (κ2) is 5.82. The second-order valence-electron chi connectivity index (χ2n) is 5.28. The molecule has 0 radical (unpaired) electrons. The number of nitrogens with zero attached hydrogens (tertiary/aromatic N) is 3. The molecule has 2 aromatic heterocycles. The third-order valence-electron chi connectivity index (χ3n) is 3.67. The van der Waals surface area contributed by atoms with E-state index in [1.54, 1.807) is 6.07 Å². The van der Waals surface area contributed by atoms with E-state index in [4.69, 9.17) is 0 Å². The van der Waals surface area contributed by atoms with Gasteiger partial charge in [-0.2, -0.15) is 5.10 Å². The minimum absolute atomic E-state index is 0.0425. The highest BCUT2D eigenvalue weighted by molar-refractivity contribution is 5.67. The number of aromatic nitrogens is 4. The number of aromatic amines is 1. The van der Waals surface area contributed by atoms with E-state index in [9.17, 15) is 13.6 Å². The van der Waals surface area contributed by atoms with E-state index >= 15 is 0 Å². The van der Waals surface area contributed by atoms with Crippen molar-refractivity contribution in [3.05, 3.63) is 76.7 Å². The molecule has 2 aromatic carbocycles. The van der Waals surface area contributed by atoms with Crippen LogP contribution in [0.2, 0.25) is 0 Å². The number of anilines is 2. The van der Waals surface area contributed by atoms with Gasteiger partial charge >= 0.3 is 5.69 Å². The van der Waals surface area contributed by atoms with Crippen LogP contribution in [0, 0.1) is 11.6 Å². The molecule has 0 amide bonds. The molecule has 0 spiro atoms. The molecule has 0 saturated heterocycles. The average molecular weight is 339 g/mol. The second-order valence-corrected chi connectivity index (χ2v) is 5.28. The van der Waals surface area contributed by atoms with Crippen LogP contribution in [0.25, 0.3) is 16.9 Å².